The second kappa shape index (κ2) is 9.80. The predicted molar refractivity (Wildman–Crippen MR) is 81.6 cm³/mol. The Morgan fingerprint density at radius 2 is 2.16 bits per heavy atom. The van der Waals surface area contributed by atoms with Crippen molar-refractivity contribution in [2.24, 2.45) is 0 Å². The molecule has 1 aromatic carbocycles. The van der Waals surface area contributed by atoms with Gasteiger partial charge in [0.05, 0.1) is 12.1 Å². The summed E-state index contributed by atoms with van der Waals surface area (Å²) in [4.78, 5) is 0. The van der Waals surface area contributed by atoms with Gasteiger partial charge in [-0.05, 0) is 30.7 Å². The van der Waals surface area contributed by atoms with Crippen LogP contribution in [-0.4, -0.2) is 20.3 Å². The lowest BCUT2D eigenvalue weighted by Crippen LogP contribution is -2.14. The van der Waals surface area contributed by atoms with E-state index in [1.165, 1.54) is 0 Å². The van der Waals surface area contributed by atoms with Gasteiger partial charge in [0.2, 0.25) is 0 Å². The van der Waals surface area contributed by atoms with Crippen molar-refractivity contribution < 1.29 is 9.47 Å². The number of ether oxygens (including phenoxy) is 2. The molecule has 0 atom stereocenters. The van der Waals surface area contributed by atoms with E-state index in [1.807, 2.05) is 12.1 Å². The van der Waals surface area contributed by atoms with E-state index in [2.05, 4.69) is 18.2 Å². The molecule has 5 heteroatoms. The second-order valence-electron chi connectivity index (χ2n) is 3.78. The second-order valence-corrected chi connectivity index (χ2v) is 4.19. The fraction of sp³-hybridized carbons (Fsp3) is 0.429. The Morgan fingerprint density at radius 3 is 2.74 bits per heavy atom. The van der Waals surface area contributed by atoms with Gasteiger partial charge in [0, 0.05) is 6.54 Å². The van der Waals surface area contributed by atoms with Crippen molar-refractivity contribution in [2.45, 2.75) is 19.9 Å². The molecule has 19 heavy (non-hydrogen) atoms. The van der Waals surface area contributed by atoms with Crippen molar-refractivity contribution in [3.05, 3.63) is 22.7 Å². The number of hydrogen-bond donors (Lipinski definition) is 1. The summed E-state index contributed by atoms with van der Waals surface area (Å²) in [6.45, 7) is 4.01. The lowest BCUT2D eigenvalue weighted by molar-refractivity contribution is 0.331. The van der Waals surface area contributed by atoms with Crippen molar-refractivity contribution in [1.29, 1.82) is 0 Å². The fourth-order valence-electron chi connectivity index (χ4n) is 1.54. The van der Waals surface area contributed by atoms with Gasteiger partial charge in [0.1, 0.15) is 6.61 Å². The maximum Gasteiger partial charge on any atom is 0.181 e. The monoisotopic (exact) mass is 303 g/mol. The Bertz CT molecular complexity index is 430. The van der Waals surface area contributed by atoms with Crippen LogP contribution in [0, 0.1) is 12.3 Å². The highest BCUT2D eigenvalue weighted by molar-refractivity contribution is 6.32. The van der Waals surface area contributed by atoms with Crippen LogP contribution in [0.25, 0.3) is 0 Å². The molecule has 3 nitrogen and oxygen atoms in total. The first-order valence-corrected chi connectivity index (χ1v) is 6.24. The number of benzene rings is 1. The third-order valence-electron chi connectivity index (χ3n) is 2.34. The van der Waals surface area contributed by atoms with Crippen LogP contribution in [0.4, 0.5) is 0 Å². The van der Waals surface area contributed by atoms with E-state index >= 15 is 0 Å². The summed E-state index contributed by atoms with van der Waals surface area (Å²) in [5, 5.41) is 3.82. The number of halogens is 2. The van der Waals surface area contributed by atoms with E-state index in [0.29, 0.717) is 16.5 Å². The summed E-state index contributed by atoms with van der Waals surface area (Å²) in [5.41, 5.74) is 1.05. The molecule has 1 N–H and O–H groups in total. The van der Waals surface area contributed by atoms with Crippen LogP contribution < -0.4 is 14.8 Å². The first-order valence-electron chi connectivity index (χ1n) is 5.86. The van der Waals surface area contributed by atoms with Gasteiger partial charge < -0.3 is 14.8 Å². The van der Waals surface area contributed by atoms with Crippen LogP contribution in [0.5, 0.6) is 11.5 Å². The summed E-state index contributed by atoms with van der Waals surface area (Å²) in [6, 6.07) is 3.76. The Labute approximate surface area is 126 Å². The molecule has 0 saturated heterocycles. The molecule has 1 aromatic rings. The average molecular weight is 304 g/mol. The van der Waals surface area contributed by atoms with Crippen molar-refractivity contribution in [3.8, 4) is 23.8 Å². The summed E-state index contributed by atoms with van der Waals surface area (Å²) >= 11 is 6.16. The fourth-order valence-corrected chi connectivity index (χ4v) is 1.83. The zero-order chi connectivity index (χ0) is 13.4. The highest BCUT2D eigenvalue weighted by Gasteiger charge is 2.11. The molecule has 0 heterocycles. The van der Waals surface area contributed by atoms with Crippen LogP contribution in [0.15, 0.2) is 12.1 Å². The highest BCUT2D eigenvalue weighted by atomic mass is 35.5. The quantitative estimate of drug-likeness (QED) is 0.619. The summed E-state index contributed by atoms with van der Waals surface area (Å²) in [7, 11) is 1.58. The third-order valence-corrected chi connectivity index (χ3v) is 2.63. The molecule has 1 rings (SSSR count). The van der Waals surface area contributed by atoms with Crippen LogP contribution in [0.1, 0.15) is 18.9 Å². The third kappa shape index (κ3) is 5.61. The Hall–Kier alpha value is -1.08. The SMILES string of the molecule is C#CCOc1c(Cl)cc(CNCCC)cc1OC.Cl. The lowest BCUT2D eigenvalue weighted by atomic mass is 10.2. The topological polar surface area (TPSA) is 30.5 Å². The summed E-state index contributed by atoms with van der Waals surface area (Å²) in [5.74, 6) is 3.50. The van der Waals surface area contributed by atoms with Crippen molar-refractivity contribution >= 4 is 24.0 Å². The minimum absolute atomic E-state index is 0. The molecule has 0 bridgehead atoms. The molecule has 0 unspecified atom stereocenters. The van der Waals surface area contributed by atoms with E-state index < -0.39 is 0 Å². The van der Waals surface area contributed by atoms with Gasteiger partial charge >= 0.3 is 0 Å². The number of hydrogen-bond acceptors (Lipinski definition) is 3. The minimum Gasteiger partial charge on any atom is -0.493 e. The number of terminal acetylenes is 1. The molecule has 0 amide bonds. The number of nitrogens with one attached hydrogen (secondary N) is 1. The molecule has 0 aliphatic carbocycles. The largest absolute Gasteiger partial charge is 0.493 e. The molecular formula is C14H19Cl2NO2. The molecule has 0 aliphatic rings. The van der Waals surface area contributed by atoms with Gasteiger partial charge in [-0.25, -0.2) is 0 Å². The maximum absolute atomic E-state index is 6.16. The van der Waals surface area contributed by atoms with Crippen molar-refractivity contribution in [3.63, 3.8) is 0 Å². The molecule has 0 saturated carbocycles. The maximum atomic E-state index is 6.16. The van der Waals surface area contributed by atoms with Crippen molar-refractivity contribution in [1.82, 2.24) is 5.32 Å². The van der Waals surface area contributed by atoms with Crippen LogP contribution in [0.2, 0.25) is 5.02 Å². The molecule has 0 aliphatic heterocycles. The van der Waals surface area contributed by atoms with Crippen molar-refractivity contribution in [2.75, 3.05) is 20.3 Å². The lowest BCUT2D eigenvalue weighted by Gasteiger charge is -2.13. The zero-order valence-corrected chi connectivity index (χ0v) is 12.7. The van der Waals surface area contributed by atoms with Crippen LogP contribution >= 0.6 is 24.0 Å². The minimum atomic E-state index is 0. The van der Waals surface area contributed by atoms with Gasteiger partial charge in [0.25, 0.3) is 0 Å². The van der Waals surface area contributed by atoms with E-state index in [4.69, 9.17) is 27.5 Å². The van der Waals surface area contributed by atoms with Gasteiger partial charge in [-0.3, -0.25) is 0 Å². The van der Waals surface area contributed by atoms with Gasteiger partial charge in [0.15, 0.2) is 11.5 Å². The Kier molecular flexibility index (Phi) is 9.24. The molecule has 0 aromatic heterocycles. The normalized spacial score (nSPS) is 9.37. The highest BCUT2D eigenvalue weighted by Crippen LogP contribution is 2.36. The molecule has 106 valence electrons. The molecular weight excluding hydrogens is 285 g/mol. The predicted octanol–water partition coefficient (Wildman–Crippen LogP) is 3.28. The van der Waals surface area contributed by atoms with Gasteiger partial charge in [-0.1, -0.05) is 24.4 Å². The standard InChI is InChI=1S/C14H18ClNO2.ClH/c1-4-6-16-10-11-8-12(15)14(18-7-5-2)13(9-11)17-3;/h2,8-9,16H,4,6-7,10H2,1,3H3;1H. The van der Waals surface area contributed by atoms with E-state index in [1.54, 1.807) is 7.11 Å². The first kappa shape index (κ1) is 17.9. The van der Waals surface area contributed by atoms with Crippen LogP contribution in [0.3, 0.4) is 0 Å². The van der Waals surface area contributed by atoms with E-state index in [0.717, 1.165) is 25.1 Å². The number of rotatable bonds is 7. The van der Waals surface area contributed by atoms with Crippen LogP contribution in [-0.2, 0) is 6.54 Å². The first-order chi connectivity index (χ1) is 8.72. The molecule has 0 spiro atoms. The van der Waals surface area contributed by atoms with Gasteiger partial charge in [-0.15, -0.1) is 18.8 Å². The average Bonchev–Trinajstić information content (AvgIpc) is 2.37. The number of methoxy groups -OCH3 is 1. The van der Waals surface area contributed by atoms with E-state index in [9.17, 15) is 0 Å². The Morgan fingerprint density at radius 1 is 1.42 bits per heavy atom. The summed E-state index contributed by atoms with van der Waals surface area (Å²) in [6.07, 6.45) is 6.25. The van der Waals surface area contributed by atoms with E-state index in [-0.39, 0.29) is 19.0 Å². The Balaban J connectivity index is 0.00000324. The zero-order valence-electron chi connectivity index (χ0n) is 11.2. The van der Waals surface area contributed by atoms with Gasteiger partial charge in [-0.2, -0.15) is 0 Å². The molecule has 0 fully saturated rings. The smallest absolute Gasteiger partial charge is 0.181 e. The molecule has 0 radical (unpaired) electrons. The summed E-state index contributed by atoms with van der Waals surface area (Å²) < 4.78 is 10.6.